The van der Waals surface area contributed by atoms with Crippen molar-refractivity contribution in [2.24, 2.45) is 5.41 Å². The van der Waals surface area contributed by atoms with Gasteiger partial charge in [-0.25, -0.2) is 4.98 Å². The van der Waals surface area contributed by atoms with Crippen molar-refractivity contribution in [3.8, 4) is 0 Å². The van der Waals surface area contributed by atoms with Gasteiger partial charge in [-0.05, 0) is 13.8 Å². The lowest BCUT2D eigenvalue weighted by Gasteiger charge is -2.13. The van der Waals surface area contributed by atoms with Crippen molar-refractivity contribution in [1.82, 2.24) is 4.98 Å². The van der Waals surface area contributed by atoms with Gasteiger partial charge in [0.25, 0.3) is 0 Å². The second-order valence-corrected chi connectivity index (χ2v) is 5.44. The molecule has 1 aromatic rings. The van der Waals surface area contributed by atoms with Gasteiger partial charge >= 0.3 is 0 Å². The van der Waals surface area contributed by atoms with Gasteiger partial charge in [0.15, 0.2) is 10.8 Å². The number of hydrogen-bond acceptors (Lipinski definition) is 3. The highest BCUT2D eigenvalue weighted by molar-refractivity contribution is 7.13. The van der Waals surface area contributed by atoms with E-state index in [0.29, 0.717) is 5.01 Å². The summed E-state index contributed by atoms with van der Waals surface area (Å²) >= 11 is 1.49. The second-order valence-electron chi connectivity index (χ2n) is 4.24. The van der Waals surface area contributed by atoms with Gasteiger partial charge in [0.1, 0.15) is 0 Å². The highest BCUT2D eigenvalue weighted by Gasteiger charge is 2.25. The molecule has 2 nitrogen and oxygen atoms in total. The lowest BCUT2D eigenvalue weighted by molar-refractivity contribution is 0.0858. The monoisotopic (exact) mass is 197 g/mol. The van der Waals surface area contributed by atoms with Crippen molar-refractivity contribution < 1.29 is 4.79 Å². The number of Topliss-reactive ketones (excluding diaryl/α,β-unsaturated/α-hetero) is 1. The summed E-state index contributed by atoms with van der Waals surface area (Å²) < 4.78 is 0. The van der Waals surface area contributed by atoms with Gasteiger partial charge in [0, 0.05) is 10.3 Å². The van der Waals surface area contributed by atoms with Crippen molar-refractivity contribution in [2.75, 3.05) is 0 Å². The van der Waals surface area contributed by atoms with E-state index in [-0.39, 0.29) is 11.2 Å². The van der Waals surface area contributed by atoms with Gasteiger partial charge in [-0.2, -0.15) is 0 Å². The molecule has 3 heteroatoms. The molecule has 0 aliphatic heterocycles. The fourth-order valence-corrected chi connectivity index (χ4v) is 1.96. The topological polar surface area (TPSA) is 30.0 Å². The summed E-state index contributed by atoms with van der Waals surface area (Å²) in [7, 11) is 0. The van der Waals surface area contributed by atoms with E-state index in [2.05, 4.69) is 4.98 Å². The van der Waals surface area contributed by atoms with Gasteiger partial charge in [0.2, 0.25) is 0 Å². The molecule has 1 heterocycles. The highest BCUT2D eigenvalue weighted by atomic mass is 32.1. The first-order valence-corrected chi connectivity index (χ1v) is 5.13. The maximum absolute atomic E-state index is 11.8. The minimum atomic E-state index is -0.323. The van der Waals surface area contributed by atoms with E-state index in [4.69, 9.17) is 0 Å². The molecule has 0 aliphatic carbocycles. The molecule has 13 heavy (non-hydrogen) atoms. The normalized spacial score (nSPS) is 11.8. The predicted molar refractivity (Wildman–Crippen MR) is 55.4 cm³/mol. The molecule has 0 N–H and O–H groups in total. The van der Waals surface area contributed by atoms with Crippen LogP contribution in [0, 0.1) is 19.3 Å². The number of carbonyl (C=O) groups excluding carboxylic acids is 1. The molecule has 0 atom stereocenters. The fraction of sp³-hybridized carbons (Fsp3) is 0.600. The van der Waals surface area contributed by atoms with Crippen LogP contribution in [0.3, 0.4) is 0 Å². The number of aromatic nitrogens is 1. The van der Waals surface area contributed by atoms with E-state index in [9.17, 15) is 4.79 Å². The Balaban J connectivity index is 3.03. The first-order chi connectivity index (χ1) is 5.82. The Labute approximate surface area is 83.0 Å². The van der Waals surface area contributed by atoms with Crippen LogP contribution in [0.5, 0.6) is 0 Å². The largest absolute Gasteiger partial charge is 0.291 e. The first kappa shape index (κ1) is 10.4. The van der Waals surface area contributed by atoms with Crippen LogP contribution < -0.4 is 0 Å². The van der Waals surface area contributed by atoms with Crippen molar-refractivity contribution in [3.63, 3.8) is 0 Å². The van der Waals surface area contributed by atoms with Gasteiger partial charge < -0.3 is 0 Å². The molecule has 72 valence electrons. The third-order valence-electron chi connectivity index (χ3n) is 1.90. The maximum Gasteiger partial charge on any atom is 0.196 e. The van der Waals surface area contributed by atoms with E-state index in [0.717, 1.165) is 10.6 Å². The van der Waals surface area contributed by atoms with E-state index in [1.807, 2.05) is 34.6 Å². The van der Waals surface area contributed by atoms with Crippen LogP contribution in [0.25, 0.3) is 0 Å². The summed E-state index contributed by atoms with van der Waals surface area (Å²) in [6, 6.07) is 0. The van der Waals surface area contributed by atoms with E-state index < -0.39 is 0 Å². The molecule has 0 aliphatic rings. The average molecular weight is 197 g/mol. The fourth-order valence-electron chi connectivity index (χ4n) is 0.891. The van der Waals surface area contributed by atoms with Crippen LogP contribution in [-0.2, 0) is 0 Å². The molecule has 0 unspecified atom stereocenters. The standard InChI is InChI=1S/C10H15NOS/c1-6-7(2)13-9(11-6)8(12)10(3,4)5/h1-5H3. The smallest absolute Gasteiger partial charge is 0.196 e. The lowest BCUT2D eigenvalue weighted by atomic mass is 9.91. The molecular weight excluding hydrogens is 182 g/mol. The van der Waals surface area contributed by atoms with Crippen molar-refractivity contribution >= 4 is 17.1 Å². The Hall–Kier alpha value is -0.700. The van der Waals surface area contributed by atoms with Crippen LogP contribution in [0.4, 0.5) is 0 Å². The molecule has 0 radical (unpaired) electrons. The number of hydrogen-bond donors (Lipinski definition) is 0. The summed E-state index contributed by atoms with van der Waals surface area (Å²) in [6.45, 7) is 9.68. The number of aryl methyl sites for hydroxylation is 2. The Kier molecular flexibility index (Phi) is 2.57. The zero-order chi connectivity index (χ0) is 10.2. The summed E-state index contributed by atoms with van der Waals surface area (Å²) in [4.78, 5) is 17.2. The number of carbonyl (C=O) groups is 1. The minimum absolute atomic E-state index is 0.133. The predicted octanol–water partition coefficient (Wildman–Crippen LogP) is 2.99. The molecule has 0 saturated heterocycles. The number of ketones is 1. The molecular formula is C10H15NOS. The van der Waals surface area contributed by atoms with E-state index in [1.165, 1.54) is 11.3 Å². The molecule has 0 aromatic carbocycles. The van der Waals surface area contributed by atoms with Crippen LogP contribution in [0.15, 0.2) is 0 Å². The molecule has 0 saturated carbocycles. The van der Waals surface area contributed by atoms with Crippen molar-refractivity contribution in [1.29, 1.82) is 0 Å². The van der Waals surface area contributed by atoms with Crippen molar-refractivity contribution in [3.05, 3.63) is 15.6 Å². The van der Waals surface area contributed by atoms with Crippen LogP contribution in [-0.4, -0.2) is 10.8 Å². The third kappa shape index (κ3) is 2.15. The van der Waals surface area contributed by atoms with Crippen LogP contribution >= 0.6 is 11.3 Å². The van der Waals surface area contributed by atoms with Gasteiger partial charge in [-0.3, -0.25) is 4.79 Å². The van der Waals surface area contributed by atoms with Crippen LogP contribution in [0.1, 0.15) is 41.1 Å². The highest BCUT2D eigenvalue weighted by Crippen LogP contribution is 2.25. The zero-order valence-corrected chi connectivity index (χ0v) is 9.58. The number of thiazole rings is 1. The minimum Gasteiger partial charge on any atom is -0.291 e. The lowest BCUT2D eigenvalue weighted by Crippen LogP contribution is -2.19. The summed E-state index contributed by atoms with van der Waals surface area (Å²) in [5, 5.41) is 0.641. The molecule has 0 bridgehead atoms. The molecule has 0 fully saturated rings. The maximum atomic E-state index is 11.8. The van der Waals surface area contributed by atoms with Gasteiger partial charge in [-0.15, -0.1) is 11.3 Å². The summed E-state index contributed by atoms with van der Waals surface area (Å²) in [6.07, 6.45) is 0. The zero-order valence-electron chi connectivity index (χ0n) is 8.76. The molecule has 1 rings (SSSR count). The SMILES string of the molecule is Cc1nc(C(=O)C(C)(C)C)sc1C. The Morgan fingerprint density at radius 3 is 2.15 bits per heavy atom. The second kappa shape index (κ2) is 3.22. The van der Waals surface area contributed by atoms with Gasteiger partial charge in [0.05, 0.1) is 5.69 Å². The summed E-state index contributed by atoms with van der Waals surface area (Å²) in [5.74, 6) is 0.133. The molecule has 1 aromatic heterocycles. The Morgan fingerprint density at radius 1 is 1.31 bits per heavy atom. The first-order valence-electron chi connectivity index (χ1n) is 4.31. The molecule has 0 amide bonds. The quantitative estimate of drug-likeness (QED) is 0.648. The van der Waals surface area contributed by atoms with E-state index in [1.54, 1.807) is 0 Å². The third-order valence-corrected chi connectivity index (χ3v) is 2.98. The average Bonchev–Trinajstić information content (AvgIpc) is 2.29. The van der Waals surface area contributed by atoms with Gasteiger partial charge in [-0.1, -0.05) is 20.8 Å². The van der Waals surface area contributed by atoms with Crippen molar-refractivity contribution in [2.45, 2.75) is 34.6 Å². The van der Waals surface area contributed by atoms with Crippen LogP contribution in [0.2, 0.25) is 0 Å². The number of nitrogens with zero attached hydrogens (tertiary/aromatic N) is 1. The number of rotatable bonds is 1. The summed E-state index contributed by atoms with van der Waals surface area (Å²) in [5.41, 5.74) is 0.647. The Bertz CT molecular complexity index is 314. The van der Waals surface area contributed by atoms with E-state index >= 15 is 0 Å². The Morgan fingerprint density at radius 2 is 1.85 bits per heavy atom. The molecule has 0 spiro atoms.